The maximum absolute atomic E-state index is 12.0. The summed E-state index contributed by atoms with van der Waals surface area (Å²) in [4.78, 5) is 12.0. The fourth-order valence-corrected chi connectivity index (χ4v) is 4.25. The Kier molecular flexibility index (Phi) is 3.83. The second-order valence-corrected chi connectivity index (χ2v) is 7.45. The maximum atomic E-state index is 12.0. The van der Waals surface area contributed by atoms with Gasteiger partial charge in [-0.1, -0.05) is 37.0 Å². The molecule has 3 nitrogen and oxygen atoms in total. The molecule has 0 unspecified atom stereocenters. The lowest BCUT2D eigenvalue weighted by atomic mass is 9.82. The van der Waals surface area contributed by atoms with E-state index in [9.17, 15) is 4.79 Å². The number of benzene rings is 1. The van der Waals surface area contributed by atoms with Gasteiger partial charge in [0.1, 0.15) is 6.10 Å². The van der Waals surface area contributed by atoms with Crippen molar-refractivity contribution in [2.24, 2.45) is 17.3 Å². The van der Waals surface area contributed by atoms with Crippen molar-refractivity contribution in [3.8, 4) is 0 Å². The predicted octanol–water partition coefficient (Wildman–Crippen LogP) is 5.37. The molecule has 1 N–H and O–H groups in total. The number of carbonyl (C=O) groups excluding carboxylic acids is 1. The van der Waals surface area contributed by atoms with E-state index in [0.717, 1.165) is 12.8 Å². The van der Waals surface area contributed by atoms with Crippen molar-refractivity contribution in [3.05, 3.63) is 28.2 Å². The van der Waals surface area contributed by atoms with E-state index >= 15 is 0 Å². The first-order valence-electron chi connectivity index (χ1n) is 7.30. The van der Waals surface area contributed by atoms with Crippen molar-refractivity contribution < 1.29 is 9.53 Å². The van der Waals surface area contributed by atoms with Gasteiger partial charge in [0.15, 0.2) is 0 Å². The monoisotopic (exact) mass is 327 g/mol. The summed E-state index contributed by atoms with van der Waals surface area (Å²) in [6.45, 7) is 4.57. The SMILES string of the molecule is CC1(C)[C@H]2CC[C@H]1[C@H](OC(=O)Nc1ccc(Cl)c(Cl)c1)C2. The molecule has 0 aromatic heterocycles. The molecule has 0 saturated heterocycles. The summed E-state index contributed by atoms with van der Waals surface area (Å²) in [6, 6.07) is 4.98. The number of halogens is 2. The molecule has 1 aromatic carbocycles. The summed E-state index contributed by atoms with van der Waals surface area (Å²) in [7, 11) is 0. The van der Waals surface area contributed by atoms with E-state index in [1.807, 2.05) is 0 Å². The second-order valence-electron chi connectivity index (χ2n) is 6.64. The molecule has 2 fully saturated rings. The van der Waals surface area contributed by atoms with Gasteiger partial charge in [-0.2, -0.15) is 0 Å². The number of amides is 1. The molecular weight excluding hydrogens is 309 g/mol. The Bertz CT molecular complexity index is 573. The maximum Gasteiger partial charge on any atom is 0.411 e. The molecule has 1 amide bonds. The Hall–Kier alpha value is -0.930. The highest BCUT2D eigenvalue weighted by Crippen LogP contribution is 2.58. The zero-order valence-corrected chi connectivity index (χ0v) is 13.7. The van der Waals surface area contributed by atoms with E-state index in [0.29, 0.717) is 27.6 Å². The van der Waals surface area contributed by atoms with Gasteiger partial charge in [0.05, 0.1) is 10.0 Å². The number of rotatable bonds is 2. The van der Waals surface area contributed by atoms with Gasteiger partial charge in [-0.15, -0.1) is 0 Å². The van der Waals surface area contributed by atoms with Crippen molar-refractivity contribution in [1.82, 2.24) is 0 Å². The zero-order valence-electron chi connectivity index (χ0n) is 12.2. The number of hydrogen-bond acceptors (Lipinski definition) is 2. The summed E-state index contributed by atoms with van der Waals surface area (Å²) in [5.74, 6) is 1.15. The van der Waals surface area contributed by atoms with Crippen LogP contribution in [-0.4, -0.2) is 12.2 Å². The van der Waals surface area contributed by atoms with E-state index in [-0.39, 0.29) is 11.5 Å². The lowest BCUT2D eigenvalue weighted by molar-refractivity contribution is 0.0642. The van der Waals surface area contributed by atoms with Gasteiger partial charge in [0.2, 0.25) is 0 Å². The summed E-state index contributed by atoms with van der Waals surface area (Å²) in [5.41, 5.74) is 0.881. The van der Waals surface area contributed by atoms with Gasteiger partial charge in [-0.05, 0) is 48.8 Å². The van der Waals surface area contributed by atoms with E-state index in [2.05, 4.69) is 19.2 Å². The van der Waals surface area contributed by atoms with Gasteiger partial charge in [0, 0.05) is 11.6 Å². The molecule has 3 atom stereocenters. The summed E-state index contributed by atoms with van der Waals surface area (Å²) < 4.78 is 5.63. The average molecular weight is 328 g/mol. The van der Waals surface area contributed by atoms with Crippen LogP contribution in [0.3, 0.4) is 0 Å². The van der Waals surface area contributed by atoms with Gasteiger partial charge in [0.25, 0.3) is 0 Å². The third-order valence-electron chi connectivity index (χ3n) is 5.22. The van der Waals surface area contributed by atoms with Gasteiger partial charge < -0.3 is 4.74 Å². The highest BCUT2D eigenvalue weighted by molar-refractivity contribution is 6.42. The Morgan fingerprint density at radius 3 is 2.62 bits per heavy atom. The molecule has 0 aliphatic heterocycles. The van der Waals surface area contributed by atoms with Crippen molar-refractivity contribution in [3.63, 3.8) is 0 Å². The molecule has 0 radical (unpaired) electrons. The third kappa shape index (κ3) is 2.74. The number of fused-ring (bicyclic) bond motifs is 2. The first kappa shape index (κ1) is 15.0. The van der Waals surface area contributed by atoms with Crippen LogP contribution in [-0.2, 0) is 4.74 Å². The zero-order chi connectivity index (χ0) is 15.2. The third-order valence-corrected chi connectivity index (χ3v) is 5.96. The quantitative estimate of drug-likeness (QED) is 0.793. The van der Waals surface area contributed by atoms with Crippen LogP contribution >= 0.6 is 23.2 Å². The van der Waals surface area contributed by atoms with E-state index in [1.165, 1.54) is 6.42 Å². The largest absolute Gasteiger partial charge is 0.446 e. The molecule has 2 saturated carbocycles. The first-order chi connectivity index (χ1) is 9.88. The van der Waals surface area contributed by atoms with Crippen LogP contribution in [0.5, 0.6) is 0 Å². The Labute approximate surface area is 135 Å². The van der Waals surface area contributed by atoms with Crippen LogP contribution in [0.25, 0.3) is 0 Å². The second kappa shape index (κ2) is 5.36. The first-order valence-corrected chi connectivity index (χ1v) is 8.06. The number of hydrogen-bond donors (Lipinski definition) is 1. The Balaban J connectivity index is 1.61. The number of anilines is 1. The fraction of sp³-hybridized carbons (Fsp3) is 0.562. The van der Waals surface area contributed by atoms with Crippen molar-refractivity contribution in [2.45, 2.75) is 39.2 Å². The highest BCUT2D eigenvalue weighted by Gasteiger charge is 2.54. The molecule has 2 bridgehead atoms. The van der Waals surface area contributed by atoms with Crippen molar-refractivity contribution in [1.29, 1.82) is 0 Å². The summed E-state index contributed by atoms with van der Waals surface area (Å²) in [6.07, 6.45) is 3.00. The van der Waals surface area contributed by atoms with Gasteiger partial charge in [-0.25, -0.2) is 4.79 Å². The fourth-order valence-electron chi connectivity index (χ4n) is 3.95. The molecule has 0 heterocycles. The molecule has 3 rings (SSSR count). The Morgan fingerprint density at radius 2 is 2.05 bits per heavy atom. The van der Waals surface area contributed by atoms with E-state index < -0.39 is 6.09 Å². The van der Waals surface area contributed by atoms with Gasteiger partial charge >= 0.3 is 6.09 Å². The molecule has 5 heteroatoms. The van der Waals surface area contributed by atoms with Crippen LogP contribution in [0.2, 0.25) is 10.0 Å². The predicted molar refractivity (Wildman–Crippen MR) is 85.0 cm³/mol. The summed E-state index contributed by atoms with van der Waals surface area (Å²) >= 11 is 11.8. The molecule has 1 aromatic rings. The lowest BCUT2D eigenvalue weighted by Gasteiger charge is -2.26. The minimum Gasteiger partial charge on any atom is -0.446 e. The lowest BCUT2D eigenvalue weighted by Crippen LogP contribution is -2.29. The number of nitrogens with one attached hydrogen (secondary N) is 1. The molecular formula is C16H19Cl2NO2. The molecule has 21 heavy (non-hydrogen) atoms. The molecule has 2 aliphatic carbocycles. The molecule has 2 aliphatic rings. The Morgan fingerprint density at radius 1 is 1.29 bits per heavy atom. The van der Waals surface area contributed by atoms with Crippen LogP contribution in [0, 0.1) is 17.3 Å². The van der Waals surface area contributed by atoms with Crippen LogP contribution in [0.15, 0.2) is 18.2 Å². The topological polar surface area (TPSA) is 38.3 Å². The van der Waals surface area contributed by atoms with Crippen molar-refractivity contribution >= 4 is 35.0 Å². The van der Waals surface area contributed by atoms with Crippen molar-refractivity contribution in [2.75, 3.05) is 5.32 Å². The summed E-state index contributed by atoms with van der Waals surface area (Å²) in [5, 5.41) is 3.60. The molecule has 0 spiro atoms. The minimum absolute atomic E-state index is 0.0292. The van der Waals surface area contributed by atoms with Gasteiger partial charge in [-0.3, -0.25) is 5.32 Å². The normalized spacial score (nSPS) is 29.4. The van der Waals surface area contributed by atoms with Crippen LogP contribution in [0.1, 0.15) is 33.1 Å². The van der Waals surface area contributed by atoms with E-state index in [4.69, 9.17) is 27.9 Å². The number of ether oxygens (including phenoxy) is 1. The van der Waals surface area contributed by atoms with Crippen LogP contribution in [0.4, 0.5) is 10.5 Å². The standard InChI is InChI=1S/C16H19Cl2NO2/c1-16(2)9-3-5-11(16)14(7-9)21-15(20)19-10-4-6-12(17)13(18)8-10/h4,6,8-9,11,14H,3,5,7H2,1-2H3,(H,19,20)/t9-,11-,14+/m0/s1. The smallest absolute Gasteiger partial charge is 0.411 e. The minimum atomic E-state index is -0.415. The molecule has 114 valence electrons. The van der Waals surface area contributed by atoms with Crippen LogP contribution < -0.4 is 5.32 Å². The number of carbonyl (C=O) groups is 1. The van der Waals surface area contributed by atoms with E-state index in [1.54, 1.807) is 18.2 Å². The highest BCUT2D eigenvalue weighted by atomic mass is 35.5. The average Bonchev–Trinajstić information content (AvgIpc) is 2.82.